The summed E-state index contributed by atoms with van der Waals surface area (Å²) < 4.78 is 0. The van der Waals surface area contributed by atoms with Crippen molar-refractivity contribution in [1.29, 1.82) is 0 Å². The number of fused-ring (bicyclic) bond motifs is 1. The van der Waals surface area contributed by atoms with E-state index in [4.69, 9.17) is 23.2 Å². The lowest BCUT2D eigenvalue weighted by Crippen LogP contribution is -2.33. The van der Waals surface area contributed by atoms with Crippen LogP contribution in [0.5, 0.6) is 0 Å². The maximum Gasteiger partial charge on any atom is 0.220 e. The van der Waals surface area contributed by atoms with Gasteiger partial charge in [0, 0.05) is 31.2 Å². The molecule has 1 aliphatic rings. The fraction of sp³-hybridized carbons (Fsp3) is 0.381. The van der Waals surface area contributed by atoms with E-state index in [9.17, 15) is 4.79 Å². The molecule has 0 aliphatic carbocycles. The molecule has 0 saturated heterocycles. The molecule has 1 unspecified atom stereocenters. The fourth-order valence-electron chi connectivity index (χ4n) is 3.49. The number of aryl methyl sites for hydroxylation is 1. The predicted octanol–water partition coefficient (Wildman–Crippen LogP) is 4.88. The molecule has 138 valence electrons. The van der Waals surface area contributed by atoms with Crippen LogP contribution in [0.1, 0.15) is 30.9 Å². The normalized spacial score (nSPS) is 15.8. The number of hydrogen-bond acceptors (Lipinski definition) is 2. The molecule has 0 radical (unpaired) electrons. The van der Waals surface area contributed by atoms with E-state index in [1.54, 1.807) is 6.07 Å². The van der Waals surface area contributed by atoms with E-state index >= 15 is 0 Å². The quantitative estimate of drug-likeness (QED) is 0.682. The summed E-state index contributed by atoms with van der Waals surface area (Å²) in [5.41, 5.74) is 3.79. The number of benzene rings is 2. The maximum absolute atomic E-state index is 12.0. The molecule has 0 aromatic heterocycles. The van der Waals surface area contributed by atoms with Crippen LogP contribution in [0.4, 0.5) is 5.69 Å². The SMILES string of the molecule is CC1Cc2ccccc2N1CCCNC(=O)CCc1ccc(Cl)c(Cl)c1. The van der Waals surface area contributed by atoms with Crippen LogP contribution in [0.2, 0.25) is 10.0 Å². The van der Waals surface area contributed by atoms with Crippen LogP contribution < -0.4 is 10.2 Å². The highest BCUT2D eigenvalue weighted by Crippen LogP contribution is 2.31. The second-order valence-electron chi connectivity index (χ2n) is 6.83. The average Bonchev–Trinajstić information content (AvgIpc) is 2.95. The summed E-state index contributed by atoms with van der Waals surface area (Å²) >= 11 is 11.9. The van der Waals surface area contributed by atoms with Crippen LogP contribution in [0, 0.1) is 0 Å². The van der Waals surface area contributed by atoms with E-state index in [1.165, 1.54) is 11.3 Å². The van der Waals surface area contributed by atoms with Gasteiger partial charge in [0.1, 0.15) is 0 Å². The van der Waals surface area contributed by atoms with Gasteiger partial charge in [-0.05, 0) is 55.5 Å². The fourth-order valence-corrected chi connectivity index (χ4v) is 3.81. The molecule has 0 spiro atoms. The molecule has 2 aromatic carbocycles. The lowest BCUT2D eigenvalue weighted by atomic mass is 10.1. The molecule has 26 heavy (non-hydrogen) atoms. The van der Waals surface area contributed by atoms with Gasteiger partial charge in [-0.2, -0.15) is 0 Å². The number of anilines is 1. The Morgan fingerprint density at radius 3 is 2.81 bits per heavy atom. The van der Waals surface area contributed by atoms with Crippen molar-refractivity contribution >= 4 is 34.8 Å². The summed E-state index contributed by atoms with van der Waals surface area (Å²) in [5, 5.41) is 4.09. The molecule has 0 saturated carbocycles. The molecule has 1 aliphatic heterocycles. The number of halogens is 2. The molecule has 1 N–H and O–H groups in total. The van der Waals surface area contributed by atoms with E-state index in [0.717, 1.165) is 24.9 Å². The Morgan fingerprint density at radius 1 is 1.19 bits per heavy atom. The molecule has 5 heteroatoms. The average molecular weight is 391 g/mol. The number of hydrogen-bond donors (Lipinski definition) is 1. The van der Waals surface area contributed by atoms with Gasteiger partial charge in [0.25, 0.3) is 0 Å². The molecule has 1 heterocycles. The molecule has 3 rings (SSSR count). The van der Waals surface area contributed by atoms with Crippen LogP contribution in [0.25, 0.3) is 0 Å². The Morgan fingerprint density at radius 2 is 2.00 bits per heavy atom. The molecule has 0 bridgehead atoms. The number of amides is 1. The van der Waals surface area contributed by atoms with Crippen molar-refractivity contribution in [3.05, 3.63) is 63.6 Å². The van der Waals surface area contributed by atoms with Gasteiger partial charge < -0.3 is 10.2 Å². The summed E-state index contributed by atoms with van der Waals surface area (Å²) in [5.74, 6) is 0.0749. The van der Waals surface area contributed by atoms with Gasteiger partial charge >= 0.3 is 0 Å². The van der Waals surface area contributed by atoms with Gasteiger partial charge in [-0.1, -0.05) is 47.5 Å². The van der Waals surface area contributed by atoms with Gasteiger partial charge in [0.05, 0.1) is 10.0 Å². The van der Waals surface area contributed by atoms with Crippen LogP contribution in [0.3, 0.4) is 0 Å². The second kappa shape index (κ2) is 8.79. The first kappa shape index (κ1) is 19.1. The van der Waals surface area contributed by atoms with Crippen molar-refractivity contribution < 1.29 is 4.79 Å². The van der Waals surface area contributed by atoms with E-state index in [2.05, 4.69) is 41.4 Å². The first-order valence-corrected chi connectivity index (χ1v) is 9.85. The van der Waals surface area contributed by atoms with Crippen LogP contribution in [-0.4, -0.2) is 25.0 Å². The first-order valence-electron chi connectivity index (χ1n) is 9.10. The monoisotopic (exact) mass is 390 g/mol. The van der Waals surface area contributed by atoms with Crippen molar-refractivity contribution in [3.8, 4) is 0 Å². The summed E-state index contributed by atoms with van der Waals surface area (Å²) in [4.78, 5) is 14.5. The summed E-state index contributed by atoms with van der Waals surface area (Å²) in [6.45, 7) is 3.92. The maximum atomic E-state index is 12.0. The Labute approximate surface area is 165 Å². The summed E-state index contributed by atoms with van der Waals surface area (Å²) in [6, 6.07) is 14.6. The Bertz CT molecular complexity index is 778. The van der Waals surface area contributed by atoms with E-state index in [1.807, 2.05) is 12.1 Å². The lowest BCUT2D eigenvalue weighted by Gasteiger charge is -2.24. The first-order chi connectivity index (χ1) is 12.5. The minimum absolute atomic E-state index is 0.0749. The summed E-state index contributed by atoms with van der Waals surface area (Å²) in [6.07, 6.45) is 3.17. The van der Waals surface area contributed by atoms with Crippen molar-refractivity contribution in [1.82, 2.24) is 5.32 Å². The Balaban J connectivity index is 1.38. The van der Waals surface area contributed by atoms with Gasteiger partial charge in [0.2, 0.25) is 5.91 Å². The molecule has 1 amide bonds. The number of carbonyl (C=O) groups excluding carboxylic acids is 1. The third-order valence-corrected chi connectivity index (χ3v) is 5.61. The summed E-state index contributed by atoms with van der Waals surface area (Å²) in [7, 11) is 0. The zero-order valence-corrected chi connectivity index (χ0v) is 16.5. The number of nitrogens with zero attached hydrogens (tertiary/aromatic N) is 1. The van der Waals surface area contributed by atoms with Crippen molar-refractivity contribution in [2.24, 2.45) is 0 Å². The van der Waals surface area contributed by atoms with Crippen LogP contribution in [-0.2, 0) is 17.6 Å². The van der Waals surface area contributed by atoms with Gasteiger partial charge in [-0.15, -0.1) is 0 Å². The minimum atomic E-state index is 0.0749. The number of para-hydroxylation sites is 1. The highest BCUT2D eigenvalue weighted by atomic mass is 35.5. The zero-order valence-electron chi connectivity index (χ0n) is 15.0. The second-order valence-corrected chi connectivity index (χ2v) is 7.64. The minimum Gasteiger partial charge on any atom is -0.368 e. The molecule has 1 atom stereocenters. The lowest BCUT2D eigenvalue weighted by molar-refractivity contribution is -0.121. The van der Waals surface area contributed by atoms with Crippen molar-refractivity contribution in [2.45, 2.75) is 38.6 Å². The molecule has 0 fully saturated rings. The molecule has 2 aromatic rings. The molecule has 3 nitrogen and oxygen atoms in total. The highest BCUT2D eigenvalue weighted by Gasteiger charge is 2.24. The van der Waals surface area contributed by atoms with Crippen LogP contribution in [0.15, 0.2) is 42.5 Å². The van der Waals surface area contributed by atoms with E-state index in [0.29, 0.717) is 35.5 Å². The predicted molar refractivity (Wildman–Crippen MR) is 109 cm³/mol. The smallest absolute Gasteiger partial charge is 0.220 e. The largest absolute Gasteiger partial charge is 0.368 e. The van der Waals surface area contributed by atoms with Crippen molar-refractivity contribution in [2.75, 3.05) is 18.0 Å². The van der Waals surface area contributed by atoms with Crippen LogP contribution >= 0.6 is 23.2 Å². The Hall–Kier alpha value is -1.71. The number of rotatable bonds is 7. The number of carbonyl (C=O) groups is 1. The molecular formula is C21H24Cl2N2O. The van der Waals surface area contributed by atoms with E-state index in [-0.39, 0.29) is 5.91 Å². The third kappa shape index (κ3) is 4.72. The van der Waals surface area contributed by atoms with Gasteiger partial charge in [-0.3, -0.25) is 4.79 Å². The third-order valence-electron chi connectivity index (χ3n) is 4.87. The number of nitrogens with one attached hydrogen (secondary N) is 1. The molecular weight excluding hydrogens is 367 g/mol. The van der Waals surface area contributed by atoms with E-state index < -0.39 is 0 Å². The van der Waals surface area contributed by atoms with Gasteiger partial charge in [0.15, 0.2) is 0 Å². The standard InChI is InChI=1S/C21H24Cl2N2O/c1-15-13-17-5-2-3-6-20(17)25(15)12-4-11-24-21(26)10-8-16-7-9-18(22)19(23)14-16/h2-3,5-7,9,14-15H,4,8,10-13H2,1H3,(H,24,26). The van der Waals surface area contributed by atoms with Crippen molar-refractivity contribution in [3.63, 3.8) is 0 Å². The highest BCUT2D eigenvalue weighted by molar-refractivity contribution is 6.42. The Kier molecular flexibility index (Phi) is 6.44. The topological polar surface area (TPSA) is 32.3 Å². The van der Waals surface area contributed by atoms with Gasteiger partial charge in [-0.25, -0.2) is 0 Å². The zero-order chi connectivity index (χ0) is 18.5.